The fraction of sp³-hybridized carbons (Fsp3) is 1.00. The van der Waals surface area contributed by atoms with Gasteiger partial charge < -0.3 is 4.74 Å². The first-order valence-electron chi connectivity index (χ1n) is 4.21. The summed E-state index contributed by atoms with van der Waals surface area (Å²) in [5, 5.41) is 0. The zero-order chi connectivity index (χ0) is 7.84. The van der Waals surface area contributed by atoms with Crippen LogP contribution in [0.2, 0.25) is 0 Å². The zero-order valence-corrected chi connectivity index (χ0v) is 10.6. The number of ether oxygens (including phenoxy) is 1. The van der Waals surface area contributed by atoms with E-state index >= 15 is 0 Å². The van der Waals surface area contributed by atoms with Gasteiger partial charge in [0.05, 0.1) is 12.2 Å². The smallest absolute Gasteiger partial charge is 0.0697 e. The van der Waals surface area contributed by atoms with Gasteiger partial charge in [-0.2, -0.15) is 0 Å². The molecule has 0 aromatic heterocycles. The van der Waals surface area contributed by atoms with E-state index in [0.29, 0.717) is 12.2 Å². The molecule has 0 radical (unpaired) electrons. The highest BCUT2D eigenvalue weighted by molar-refractivity contribution is 14.1. The first-order valence-corrected chi connectivity index (χ1v) is 6.70. The minimum Gasteiger partial charge on any atom is -0.373 e. The molecule has 0 spiro atoms. The second kappa shape index (κ2) is 3.65. The molecule has 0 N–H and O–H groups in total. The molecule has 2 aliphatic rings. The molecule has 64 valence electrons. The van der Waals surface area contributed by atoms with Crippen LogP contribution in [0.4, 0.5) is 0 Å². The normalized spacial score (nSPS) is 50.7. The van der Waals surface area contributed by atoms with Crippen LogP contribution < -0.4 is 0 Å². The Morgan fingerprint density at radius 1 is 0.818 bits per heavy atom. The summed E-state index contributed by atoms with van der Waals surface area (Å²) in [6, 6.07) is 0. The van der Waals surface area contributed by atoms with Crippen molar-refractivity contribution in [3.8, 4) is 0 Å². The molecule has 2 heterocycles. The third-order valence-corrected chi connectivity index (χ3v) is 5.46. The summed E-state index contributed by atoms with van der Waals surface area (Å²) in [6.45, 7) is 0. The molecule has 0 unspecified atom stereocenters. The lowest BCUT2D eigenvalue weighted by molar-refractivity contribution is -0.0686. The van der Waals surface area contributed by atoms with Crippen LogP contribution in [0.25, 0.3) is 0 Å². The van der Waals surface area contributed by atoms with Crippen LogP contribution in [-0.4, -0.2) is 20.1 Å². The third kappa shape index (κ3) is 1.85. The van der Waals surface area contributed by atoms with Gasteiger partial charge in [-0.05, 0) is 25.7 Å². The average Bonchev–Trinajstić information content (AvgIpc) is 2.02. The van der Waals surface area contributed by atoms with Gasteiger partial charge in [-0.3, -0.25) is 0 Å². The predicted octanol–water partition coefficient (Wildman–Crippen LogP) is 2.94. The quantitative estimate of drug-likeness (QED) is 0.466. The van der Waals surface area contributed by atoms with E-state index in [1.54, 1.807) is 0 Å². The molecule has 2 bridgehead atoms. The summed E-state index contributed by atoms with van der Waals surface area (Å²) in [4.78, 5) is 0. The van der Waals surface area contributed by atoms with Crippen LogP contribution in [0.1, 0.15) is 25.7 Å². The lowest BCUT2D eigenvalue weighted by Gasteiger charge is -2.41. The molecule has 4 atom stereocenters. The average molecular weight is 378 g/mol. The van der Waals surface area contributed by atoms with E-state index in [1.165, 1.54) is 25.7 Å². The van der Waals surface area contributed by atoms with Crippen molar-refractivity contribution in [2.45, 2.75) is 45.7 Å². The molecule has 0 aromatic carbocycles. The molecule has 2 rings (SSSR count). The Morgan fingerprint density at radius 3 is 1.73 bits per heavy atom. The number of fused-ring (bicyclic) bond motifs is 2. The Balaban J connectivity index is 2.02. The van der Waals surface area contributed by atoms with Crippen molar-refractivity contribution in [3.05, 3.63) is 0 Å². The van der Waals surface area contributed by atoms with Gasteiger partial charge in [0.15, 0.2) is 0 Å². The Morgan fingerprint density at radius 2 is 1.27 bits per heavy atom. The van der Waals surface area contributed by atoms with Crippen LogP contribution in [0.5, 0.6) is 0 Å². The van der Waals surface area contributed by atoms with Gasteiger partial charge in [0.1, 0.15) is 0 Å². The lowest BCUT2D eigenvalue weighted by Crippen LogP contribution is -2.44. The van der Waals surface area contributed by atoms with Crippen LogP contribution in [0.3, 0.4) is 0 Å². The number of alkyl halides is 2. The van der Waals surface area contributed by atoms with E-state index < -0.39 is 0 Å². The third-order valence-electron chi connectivity index (χ3n) is 2.61. The maximum atomic E-state index is 5.93. The van der Waals surface area contributed by atoms with Crippen molar-refractivity contribution in [2.24, 2.45) is 0 Å². The standard InChI is InChI=1S/C8H12I2O/c9-5-1-3-7-6(10)2-4-8(5)11-7/h5-8H,1-4H2/t5-,6-,7-,8-/m0/s1. The van der Waals surface area contributed by atoms with Crippen molar-refractivity contribution in [1.29, 1.82) is 0 Å². The lowest BCUT2D eigenvalue weighted by atomic mass is 9.92. The Kier molecular flexibility index (Phi) is 2.99. The van der Waals surface area contributed by atoms with Gasteiger partial charge in [0, 0.05) is 7.85 Å². The van der Waals surface area contributed by atoms with E-state index in [9.17, 15) is 0 Å². The van der Waals surface area contributed by atoms with Crippen LogP contribution in [-0.2, 0) is 4.74 Å². The molecule has 1 nitrogen and oxygen atoms in total. The first-order chi connectivity index (χ1) is 5.27. The molecule has 2 aliphatic heterocycles. The second-order valence-electron chi connectivity index (χ2n) is 3.40. The second-order valence-corrected chi connectivity index (χ2v) is 6.60. The Labute approximate surface area is 94.9 Å². The largest absolute Gasteiger partial charge is 0.373 e. The van der Waals surface area contributed by atoms with Gasteiger partial charge >= 0.3 is 0 Å². The molecule has 3 heteroatoms. The van der Waals surface area contributed by atoms with E-state index in [1.807, 2.05) is 0 Å². The minimum atomic E-state index is 0.584. The summed E-state index contributed by atoms with van der Waals surface area (Å²) >= 11 is 5.08. The Bertz CT molecular complexity index is 135. The van der Waals surface area contributed by atoms with Crippen LogP contribution in [0.15, 0.2) is 0 Å². The summed E-state index contributed by atoms with van der Waals surface area (Å²) in [5.41, 5.74) is 0. The topological polar surface area (TPSA) is 9.23 Å². The zero-order valence-electron chi connectivity index (χ0n) is 6.30. The molecule has 0 saturated carbocycles. The summed E-state index contributed by atoms with van der Waals surface area (Å²) in [5.74, 6) is 0. The highest BCUT2D eigenvalue weighted by atomic mass is 127. The van der Waals surface area contributed by atoms with Gasteiger partial charge in [-0.1, -0.05) is 45.2 Å². The van der Waals surface area contributed by atoms with E-state index in [0.717, 1.165) is 7.85 Å². The maximum Gasteiger partial charge on any atom is 0.0697 e. The molecule has 0 aromatic rings. The molecule has 0 amide bonds. The van der Waals surface area contributed by atoms with Gasteiger partial charge in [0.25, 0.3) is 0 Å². The summed E-state index contributed by atoms with van der Waals surface area (Å²) in [6.07, 6.45) is 6.49. The van der Waals surface area contributed by atoms with E-state index in [-0.39, 0.29) is 0 Å². The summed E-state index contributed by atoms with van der Waals surface area (Å²) < 4.78 is 7.50. The van der Waals surface area contributed by atoms with Crippen LogP contribution >= 0.6 is 45.2 Å². The van der Waals surface area contributed by atoms with Crippen molar-refractivity contribution < 1.29 is 4.74 Å². The van der Waals surface area contributed by atoms with Crippen LogP contribution in [0, 0.1) is 0 Å². The molecule has 11 heavy (non-hydrogen) atoms. The first kappa shape index (κ1) is 8.99. The highest BCUT2D eigenvalue weighted by Gasteiger charge is 2.36. The van der Waals surface area contributed by atoms with Crippen molar-refractivity contribution in [1.82, 2.24) is 0 Å². The van der Waals surface area contributed by atoms with Gasteiger partial charge in [-0.25, -0.2) is 0 Å². The fourth-order valence-corrected chi connectivity index (χ4v) is 3.69. The molecular weight excluding hydrogens is 366 g/mol. The number of rotatable bonds is 0. The molecular formula is C8H12I2O. The molecule has 2 fully saturated rings. The van der Waals surface area contributed by atoms with Gasteiger partial charge in [0.2, 0.25) is 0 Å². The van der Waals surface area contributed by atoms with Crippen molar-refractivity contribution >= 4 is 45.2 Å². The van der Waals surface area contributed by atoms with Gasteiger partial charge in [-0.15, -0.1) is 0 Å². The number of hydrogen-bond donors (Lipinski definition) is 0. The number of hydrogen-bond acceptors (Lipinski definition) is 1. The maximum absolute atomic E-state index is 5.93. The molecule has 2 saturated heterocycles. The molecule has 0 aliphatic carbocycles. The van der Waals surface area contributed by atoms with Crippen molar-refractivity contribution in [3.63, 3.8) is 0 Å². The van der Waals surface area contributed by atoms with E-state index in [4.69, 9.17) is 4.74 Å². The SMILES string of the molecule is I[C@H]1CC[C@@H]2O[C@H]1CC[C@@H]2I. The van der Waals surface area contributed by atoms with Crippen molar-refractivity contribution in [2.75, 3.05) is 0 Å². The minimum absolute atomic E-state index is 0.584. The summed E-state index contributed by atoms with van der Waals surface area (Å²) in [7, 11) is 0. The monoisotopic (exact) mass is 378 g/mol. The Hall–Kier alpha value is 1.42. The van der Waals surface area contributed by atoms with E-state index in [2.05, 4.69) is 45.2 Å². The highest BCUT2D eigenvalue weighted by Crippen LogP contribution is 2.37. The predicted molar refractivity (Wildman–Crippen MR) is 62.7 cm³/mol. The number of halogens is 2. The fourth-order valence-electron chi connectivity index (χ4n) is 1.91.